The van der Waals surface area contributed by atoms with E-state index in [1.807, 2.05) is 0 Å². The van der Waals surface area contributed by atoms with Crippen LogP contribution in [-0.2, 0) is 11.3 Å². The van der Waals surface area contributed by atoms with E-state index in [0.717, 1.165) is 28.3 Å². The summed E-state index contributed by atoms with van der Waals surface area (Å²) in [5, 5.41) is 0. The first-order chi connectivity index (χ1) is 8.03. The van der Waals surface area contributed by atoms with Crippen LogP contribution in [0.3, 0.4) is 0 Å². The zero-order chi connectivity index (χ0) is 10.7. The Morgan fingerprint density at radius 1 is 1.00 bits per heavy atom. The average Bonchev–Trinajstić information content (AvgIpc) is 3.28. The number of carbonyl (C=O) groups excluding carboxylic acids is 1. The van der Waals surface area contributed by atoms with Crippen molar-refractivity contribution >= 4 is 17.4 Å². The molecule has 0 aliphatic carbocycles. The van der Waals surface area contributed by atoms with Gasteiger partial charge in [0.25, 0.3) is 0 Å². The fourth-order valence-electron chi connectivity index (χ4n) is 17.4. The molecule has 0 amide bonds. The van der Waals surface area contributed by atoms with E-state index in [2.05, 4.69) is 0 Å². The number of hydrogen-bond acceptors (Lipinski definition) is 1. The Morgan fingerprint density at radius 3 is 1.82 bits per heavy atom. The summed E-state index contributed by atoms with van der Waals surface area (Å²) in [7, 11) is 0. The molecule has 10 rings (SSSR count). The summed E-state index contributed by atoms with van der Waals surface area (Å²) in [5.41, 5.74) is 0. The van der Waals surface area contributed by atoms with Gasteiger partial charge in [0.1, 0.15) is 0 Å². The molecule has 17 heavy (non-hydrogen) atoms. The molecule has 10 aliphatic heterocycles. The van der Waals surface area contributed by atoms with E-state index in [1.165, 1.54) is 33.7 Å². The standard InChI is InChI=1S/C9H10ClO.C5H5.Fe/c10-7-3-6-9(11)8-4-1-2-5-8;1-2-4-5-3-1;/h1-2,4-5H,3,6-7H2;1-5H;. The molecule has 3 heteroatoms. The number of rotatable bonds is 4. The molecule has 10 aliphatic rings. The molecule has 0 N–H and O–H groups in total. The second-order valence-electron chi connectivity index (χ2n) is 10.9. The maximum atomic E-state index is 12.9. The topological polar surface area (TPSA) is 17.1 Å². The molecule has 10 saturated heterocycles. The van der Waals surface area contributed by atoms with E-state index in [0.29, 0.717) is 10.2 Å². The normalized spacial score (nSPS) is 119. The number of ketones is 1. The Kier molecular flexibility index (Phi) is 0.220. The van der Waals surface area contributed by atoms with Crippen molar-refractivity contribution in [3.8, 4) is 0 Å². The first-order valence-electron chi connectivity index (χ1n) is 7.33. The molecular weight excluding hydrogens is 275 g/mol. The third-order valence-corrected chi connectivity index (χ3v) is 58.3. The summed E-state index contributed by atoms with van der Waals surface area (Å²) in [5.74, 6) is 1.48. The fraction of sp³-hybridized carbons (Fsp3) is 0.929. The number of fused-ring (bicyclic) bond motifs is 10. The van der Waals surface area contributed by atoms with Crippen molar-refractivity contribution in [2.24, 2.45) is 0 Å². The summed E-state index contributed by atoms with van der Waals surface area (Å²) in [6, 6.07) is 0. The van der Waals surface area contributed by atoms with Gasteiger partial charge in [0.15, 0.2) is 0 Å². The molecule has 0 saturated carbocycles. The fourth-order valence-corrected chi connectivity index (χ4v) is 91.6. The molecule has 4 unspecified atom stereocenters. The van der Waals surface area contributed by atoms with E-state index in [-0.39, 0.29) is 0 Å². The van der Waals surface area contributed by atoms with Crippen molar-refractivity contribution in [1.29, 1.82) is 0 Å². The van der Waals surface area contributed by atoms with Crippen molar-refractivity contribution in [3.63, 3.8) is 0 Å². The molecule has 10 fully saturated rings. The Morgan fingerprint density at radius 2 is 1.53 bits per heavy atom. The summed E-state index contributed by atoms with van der Waals surface area (Å²) < 4.78 is 0.505. The number of halogens is 1. The van der Waals surface area contributed by atoms with Gasteiger partial charge in [-0.25, -0.2) is 0 Å². The predicted octanol–water partition coefficient (Wildman–Crippen LogP) is 4.33. The van der Waals surface area contributed by atoms with Crippen molar-refractivity contribution < 1.29 is 11.3 Å². The van der Waals surface area contributed by atoms with Crippen LogP contribution in [0.1, 0.15) is 12.8 Å². The van der Waals surface area contributed by atoms with Gasteiger partial charge in [0.05, 0.1) is 0 Å². The molecule has 0 aromatic heterocycles. The van der Waals surface area contributed by atoms with Crippen LogP contribution in [0.5, 0.6) is 0 Å². The molecule has 0 aromatic carbocycles. The Labute approximate surface area is 94.9 Å². The van der Waals surface area contributed by atoms with E-state index in [4.69, 9.17) is 11.6 Å². The Balaban J connectivity index is 1.48. The van der Waals surface area contributed by atoms with Crippen LogP contribution < -0.4 is 0 Å². The van der Waals surface area contributed by atoms with Crippen molar-refractivity contribution in [1.82, 2.24) is 0 Å². The van der Waals surface area contributed by atoms with Crippen LogP contribution in [0.15, 0.2) is 0 Å². The van der Waals surface area contributed by atoms with Crippen LogP contribution in [0.25, 0.3) is 0 Å². The van der Waals surface area contributed by atoms with Gasteiger partial charge >= 0.3 is 95.1 Å². The summed E-state index contributed by atoms with van der Waals surface area (Å²) in [4.78, 5) is 24.3. The third-order valence-electron chi connectivity index (χ3n) is 15.6. The first kappa shape index (κ1) is 6.77. The van der Waals surface area contributed by atoms with E-state index >= 15 is 0 Å². The molecule has 0 bridgehead atoms. The van der Waals surface area contributed by atoms with Gasteiger partial charge in [0, 0.05) is 0 Å². The molecule has 1 spiro atoms. The Hall–Kier alpha value is 0.479. The van der Waals surface area contributed by atoms with Crippen molar-refractivity contribution in [3.05, 3.63) is 0 Å². The van der Waals surface area contributed by atoms with Crippen LogP contribution in [0.2, 0.25) is 47.7 Å². The zero-order valence-corrected chi connectivity index (χ0v) is 11.3. The van der Waals surface area contributed by atoms with E-state index in [9.17, 15) is 4.79 Å². The average molecular weight is 291 g/mol. The molecule has 0 aromatic rings. The van der Waals surface area contributed by atoms with Gasteiger partial charge in [-0.1, -0.05) is 0 Å². The monoisotopic (exact) mass is 290 g/mol. The second-order valence-corrected chi connectivity index (χ2v) is 34.8. The zero-order valence-electron chi connectivity index (χ0n) is 9.46. The number of Topliss-reactive ketones (excluding diaryl/α,β-unsaturated/α-hetero) is 1. The van der Waals surface area contributed by atoms with Crippen LogP contribution in [0, 0.1) is 0 Å². The summed E-state index contributed by atoms with van der Waals surface area (Å²) >= 11 is 5.81. The van der Waals surface area contributed by atoms with Gasteiger partial charge in [-0.15, -0.1) is 0 Å². The quantitative estimate of drug-likeness (QED) is 0.556. The van der Waals surface area contributed by atoms with Gasteiger partial charge in [-0.05, 0) is 0 Å². The van der Waals surface area contributed by atoms with Crippen molar-refractivity contribution in [2.45, 2.75) is 60.5 Å². The molecule has 92 valence electrons. The first-order valence-corrected chi connectivity index (χ1v) is 14.2. The van der Waals surface area contributed by atoms with Gasteiger partial charge in [0.2, 0.25) is 0 Å². The molecular formula is C14H15ClFeO. The summed E-state index contributed by atoms with van der Waals surface area (Å²) in [6.07, 6.45) is 1.81. The Bertz CT molecular complexity index is 897. The second kappa shape index (κ2) is 0.553. The predicted molar refractivity (Wildman–Crippen MR) is 61.4 cm³/mol. The summed E-state index contributed by atoms with van der Waals surface area (Å²) in [6.45, 7) is -3.07. The van der Waals surface area contributed by atoms with Crippen LogP contribution in [0.4, 0.5) is 0 Å². The van der Waals surface area contributed by atoms with Crippen LogP contribution in [-0.4, -0.2) is 11.7 Å². The van der Waals surface area contributed by atoms with Crippen molar-refractivity contribution in [2.75, 3.05) is 5.88 Å². The minimum atomic E-state index is -3.07. The molecule has 10 heterocycles. The number of hydrogen-bond donors (Lipinski definition) is 0. The van der Waals surface area contributed by atoms with Gasteiger partial charge in [-0.3, -0.25) is 0 Å². The van der Waals surface area contributed by atoms with Gasteiger partial charge in [-0.2, -0.15) is 0 Å². The minimum absolute atomic E-state index is 0.505. The number of carbonyl (C=O) groups is 1. The maximum absolute atomic E-state index is 12.9. The number of alkyl halides is 1. The SMILES string of the molecule is O=C(CCCCl)[C]12[CH]3[CH]4[CH]5[CH]1[Fe]45321678[CH]2[CH]1[CH]6[CH]7[CH]28. The molecule has 4 atom stereocenters. The van der Waals surface area contributed by atoms with E-state index in [1.54, 1.807) is 0 Å². The molecule has 0 radical (unpaired) electrons. The molecule has 1 nitrogen and oxygen atoms in total. The van der Waals surface area contributed by atoms with Gasteiger partial charge < -0.3 is 0 Å². The third kappa shape index (κ3) is 0.0692. The van der Waals surface area contributed by atoms with E-state index < -0.39 is 6.51 Å². The van der Waals surface area contributed by atoms with Crippen LogP contribution >= 0.6 is 11.6 Å².